The summed E-state index contributed by atoms with van der Waals surface area (Å²) in [4.78, 5) is 42.3. The van der Waals surface area contributed by atoms with E-state index in [2.05, 4.69) is 15.3 Å². The maximum Gasteiger partial charge on any atom is 0.345 e. The van der Waals surface area contributed by atoms with E-state index in [-0.39, 0.29) is 27.8 Å². The summed E-state index contributed by atoms with van der Waals surface area (Å²) in [5, 5.41) is 13.0. The average molecular weight is 390 g/mol. The van der Waals surface area contributed by atoms with Crippen LogP contribution in [0.4, 0.5) is 0 Å². The summed E-state index contributed by atoms with van der Waals surface area (Å²) in [6.07, 6.45) is 5.31. The lowest BCUT2D eigenvalue weighted by Gasteiger charge is -2.27. The highest BCUT2D eigenvalue weighted by Crippen LogP contribution is 2.26. The number of amides is 1. The second kappa shape index (κ2) is 8.45. The molecule has 1 saturated carbocycles. The molecular weight excluding hydrogens is 370 g/mol. The molecular formula is C19H20ClN3O4. The summed E-state index contributed by atoms with van der Waals surface area (Å²) >= 11 is 6.11. The third kappa shape index (κ3) is 4.61. The fourth-order valence-electron chi connectivity index (χ4n) is 3.27. The van der Waals surface area contributed by atoms with Crippen molar-refractivity contribution in [2.75, 3.05) is 0 Å². The highest BCUT2D eigenvalue weighted by molar-refractivity contribution is 6.34. The van der Waals surface area contributed by atoms with Crippen molar-refractivity contribution in [3.8, 4) is 0 Å². The molecule has 27 heavy (non-hydrogen) atoms. The maximum atomic E-state index is 12.5. The molecule has 0 spiro atoms. The van der Waals surface area contributed by atoms with Crippen molar-refractivity contribution >= 4 is 23.3 Å². The van der Waals surface area contributed by atoms with E-state index in [0.29, 0.717) is 0 Å². The molecule has 3 rings (SSSR count). The molecule has 1 aromatic heterocycles. The molecule has 1 heterocycles. The number of nitrogens with zero attached hydrogens (tertiary/aromatic N) is 1. The number of nitrogens with one attached hydrogen (secondary N) is 2. The Morgan fingerprint density at radius 3 is 2.67 bits per heavy atom. The lowest BCUT2D eigenvalue weighted by atomic mass is 9.88. The van der Waals surface area contributed by atoms with Gasteiger partial charge in [-0.05, 0) is 37.1 Å². The van der Waals surface area contributed by atoms with Crippen molar-refractivity contribution in [1.82, 2.24) is 15.3 Å². The van der Waals surface area contributed by atoms with Crippen molar-refractivity contribution in [3.05, 3.63) is 62.8 Å². The third-order valence-corrected chi connectivity index (χ3v) is 5.08. The van der Waals surface area contributed by atoms with Gasteiger partial charge in [0.25, 0.3) is 5.91 Å². The van der Waals surface area contributed by atoms with E-state index in [1.54, 1.807) is 0 Å². The maximum absolute atomic E-state index is 12.5. The Bertz CT molecular complexity index is 906. The zero-order valence-corrected chi connectivity index (χ0v) is 15.3. The van der Waals surface area contributed by atoms with Crippen LogP contribution in [0.25, 0.3) is 0 Å². The standard InChI is InChI=1S/C19H20ClN3O4/c20-14-7-6-12(16(24)15-8-9-21-19(27)22-15)10-13(14)18(26)23-17(25)11-4-2-1-3-5-11/h6-11,17,25H,1-5H2,(H,23,26)(H,21,22,27). The third-order valence-electron chi connectivity index (χ3n) is 4.75. The van der Waals surface area contributed by atoms with Gasteiger partial charge < -0.3 is 15.4 Å². The Balaban J connectivity index is 1.79. The SMILES string of the molecule is O=C(c1ccc(Cl)c(C(=O)NC(O)C2CCCCC2)c1)c1cc[nH]c(=O)n1. The first-order valence-electron chi connectivity index (χ1n) is 8.84. The number of carbonyl (C=O) groups excluding carboxylic acids is 2. The van der Waals surface area contributed by atoms with Crippen LogP contribution in [0.15, 0.2) is 35.3 Å². The van der Waals surface area contributed by atoms with Gasteiger partial charge in [0.15, 0.2) is 0 Å². The Labute approximate surface area is 160 Å². The van der Waals surface area contributed by atoms with Crippen LogP contribution in [0.1, 0.15) is 58.5 Å². The summed E-state index contributed by atoms with van der Waals surface area (Å²) in [6, 6.07) is 5.62. The lowest BCUT2D eigenvalue weighted by Crippen LogP contribution is -2.41. The minimum absolute atomic E-state index is 0.0199. The van der Waals surface area contributed by atoms with Gasteiger partial charge in [0, 0.05) is 17.7 Å². The highest BCUT2D eigenvalue weighted by Gasteiger charge is 2.25. The van der Waals surface area contributed by atoms with Gasteiger partial charge in [-0.3, -0.25) is 9.59 Å². The molecule has 7 nitrogen and oxygen atoms in total. The predicted molar refractivity (Wildman–Crippen MR) is 99.8 cm³/mol. The topological polar surface area (TPSA) is 112 Å². The fraction of sp³-hybridized carbons (Fsp3) is 0.368. The first-order valence-corrected chi connectivity index (χ1v) is 9.22. The number of aliphatic hydroxyl groups is 1. The second-order valence-corrected chi connectivity index (χ2v) is 7.03. The van der Waals surface area contributed by atoms with Crippen LogP contribution in [-0.2, 0) is 0 Å². The summed E-state index contributed by atoms with van der Waals surface area (Å²) in [5.74, 6) is -1.03. The summed E-state index contributed by atoms with van der Waals surface area (Å²) in [6.45, 7) is 0. The van der Waals surface area contributed by atoms with Crippen LogP contribution in [0.5, 0.6) is 0 Å². The molecule has 1 aromatic carbocycles. The minimum Gasteiger partial charge on any atom is -0.373 e. The Hall–Kier alpha value is -2.51. The van der Waals surface area contributed by atoms with Crippen LogP contribution in [0.2, 0.25) is 5.02 Å². The van der Waals surface area contributed by atoms with Crippen LogP contribution >= 0.6 is 11.6 Å². The Kier molecular flexibility index (Phi) is 6.03. The quantitative estimate of drug-likeness (QED) is 0.536. The van der Waals surface area contributed by atoms with Crippen molar-refractivity contribution < 1.29 is 14.7 Å². The van der Waals surface area contributed by atoms with Gasteiger partial charge >= 0.3 is 5.69 Å². The lowest BCUT2D eigenvalue weighted by molar-refractivity contribution is 0.0463. The van der Waals surface area contributed by atoms with E-state index in [1.165, 1.54) is 30.5 Å². The average Bonchev–Trinajstić information content (AvgIpc) is 2.68. The molecule has 1 aliphatic rings. The molecule has 0 saturated heterocycles. The van der Waals surface area contributed by atoms with E-state index >= 15 is 0 Å². The Morgan fingerprint density at radius 1 is 1.22 bits per heavy atom. The molecule has 0 bridgehead atoms. The van der Waals surface area contributed by atoms with Crippen LogP contribution < -0.4 is 11.0 Å². The van der Waals surface area contributed by atoms with E-state index in [0.717, 1.165) is 32.1 Å². The largest absolute Gasteiger partial charge is 0.373 e. The summed E-state index contributed by atoms with van der Waals surface area (Å²) in [7, 11) is 0. The summed E-state index contributed by atoms with van der Waals surface area (Å²) < 4.78 is 0. The summed E-state index contributed by atoms with van der Waals surface area (Å²) in [5.41, 5.74) is -0.407. The van der Waals surface area contributed by atoms with Crippen LogP contribution in [-0.4, -0.2) is 33.0 Å². The smallest absolute Gasteiger partial charge is 0.345 e. The number of hydrogen-bond acceptors (Lipinski definition) is 5. The molecule has 0 aliphatic heterocycles. The number of aromatic nitrogens is 2. The van der Waals surface area contributed by atoms with Crippen molar-refractivity contribution in [1.29, 1.82) is 0 Å². The van der Waals surface area contributed by atoms with Gasteiger partial charge in [0.05, 0.1) is 10.6 Å². The number of ketones is 1. The number of aromatic amines is 1. The van der Waals surface area contributed by atoms with Gasteiger partial charge in [-0.15, -0.1) is 0 Å². The molecule has 1 atom stereocenters. The fourth-order valence-corrected chi connectivity index (χ4v) is 3.47. The second-order valence-electron chi connectivity index (χ2n) is 6.62. The number of H-pyrrole nitrogens is 1. The number of halogens is 1. The molecule has 1 unspecified atom stereocenters. The first kappa shape index (κ1) is 19.3. The normalized spacial score (nSPS) is 15.9. The number of hydrogen-bond donors (Lipinski definition) is 3. The van der Waals surface area contributed by atoms with Crippen molar-refractivity contribution in [3.63, 3.8) is 0 Å². The molecule has 3 N–H and O–H groups in total. The van der Waals surface area contributed by atoms with Gasteiger partial charge in [-0.1, -0.05) is 30.9 Å². The minimum atomic E-state index is -0.956. The van der Waals surface area contributed by atoms with Crippen LogP contribution in [0.3, 0.4) is 0 Å². The molecule has 0 radical (unpaired) electrons. The van der Waals surface area contributed by atoms with Gasteiger partial charge in [0.2, 0.25) is 5.78 Å². The molecule has 1 amide bonds. The highest BCUT2D eigenvalue weighted by atomic mass is 35.5. The molecule has 142 valence electrons. The zero-order valence-electron chi connectivity index (χ0n) is 14.6. The Morgan fingerprint density at radius 2 is 1.96 bits per heavy atom. The van der Waals surface area contributed by atoms with Crippen LogP contribution in [0, 0.1) is 5.92 Å². The molecule has 2 aromatic rings. The van der Waals surface area contributed by atoms with E-state index in [1.807, 2.05) is 0 Å². The van der Waals surface area contributed by atoms with Crippen molar-refractivity contribution in [2.24, 2.45) is 5.92 Å². The number of carbonyl (C=O) groups is 2. The number of benzene rings is 1. The molecule has 1 fully saturated rings. The predicted octanol–water partition coefficient (Wildman–Crippen LogP) is 2.28. The zero-order chi connectivity index (χ0) is 19.4. The molecule has 1 aliphatic carbocycles. The van der Waals surface area contributed by atoms with Gasteiger partial charge in [-0.2, -0.15) is 4.98 Å². The molecule has 8 heteroatoms. The number of aliphatic hydroxyl groups excluding tert-OH is 1. The van der Waals surface area contributed by atoms with Gasteiger partial charge in [-0.25, -0.2) is 4.79 Å². The van der Waals surface area contributed by atoms with E-state index in [9.17, 15) is 19.5 Å². The first-order chi connectivity index (χ1) is 13.0. The van der Waals surface area contributed by atoms with Crippen molar-refractivity contribution in [2.45, 2.75) is 38.3 Å². The monoisotopic (exact) mass is 389 g/mol. The van der Waals surface area contributed by atoms with E-state index < -0.39 is 23.6 Å². The van der Waals surface area contributed by atoms with Gasteiger partial charge in [0.1, 0.15) is 11.9 Å². The van der Waals surface area contributed by atoms with E-state index in [4.69, 9.17) is 11.6 Å². The number of rotatable bonds is 5.